The van der Waals surface area contributed by atoms with Gasteiger partial charge in [0, 0.05) is 17.3 Å². The van der Waals surface area contributed by atoms with E-state index >= 15 is 0 Å². The van der Waals surface area contributed by atoms with Crippen LogP contribution in [-0.2, 0) is 10.2 Å². The highest BCUT2D eigenvalue weighted by molar-refractivity contribution is 9.10. The lowest BCUT2D eigenvalue weighted by molar-refractivity contribution is -0.386. The second-order valence-corrected chi connectivity index (χ2v) is 6.26. The van der Waals surface area contributed by atoms with Crippen LogP contribution in [0, 0.1) is 15.9 Å². The van der Waals surface area contributed by atoms with Gasteiger partial charge in [0.1, 0.15) is 18.6 Å². The van der Waals surface area contributed by atoms with E-state index in [2.05, 4.69) is 20.9 Å². The number of hydrogen-bond donors (Lipinski definition) is 2. The van der Waals surface area contributed by atoms with Gasteiger partial charge in [-0.25, -0.2) is 14.2 Å². The van der Waals surface area contributed by atoms with Crippen LogP contribution >= 0.6 is 15.9 Å². The average molecular weight is 401 g/mol. The highest BCUT2D eigenvalue weighted by Crippen LogP contribution is 2.39. The third-order valence-corrected chi connectivity index (χ3v) is 4.30. The highest BCUT2D eigenvalue weighted by Gasteiger charge is 2.37. The maximum atomic E-state index is 14.7. The van der Waals surface area contributed by atoms with Crippen LogP contribution in [0.1, 0.15) is 12.5 Å². The fourth-order valence-corrected chi connectivity index (χ4v) is 2.75. The molecule has 128 valence electrons. The Hall–Kier alpha value is -2.33. The van der Waals surface area contributed by atoms with Crippen molar-refractivity contribution in [3.05, 3.63) is 44.3 Å². The monoisotopic (exact) mass is 400 g/mol. The predicted octanol–water partition coefficient (Wildman–Crippen LogP) is 2.36. The Morgan fingerprint density at radius 2 is 2.21 bits per heavy atom. The first kappa shape index (κ1) is 18.0. The van der Waals surface area contributed by atoms with Crippen LogP contribution in [0.5, 0.6) is 0 Å². The summed E-state index contributed by atoms with van der Waals surface area (Å²) in [5.41, 5.74) is 9.30. The Balaban J connectivity index is 2.86. The van der Waals surface area contributed by atoms with Crippen molar-refractivity contribution in [3.8, 4) is 0 Å². The number of carbonyl (C=O) groups is 1. The van der Waals surface area contributed by atoms with Gasteiger partial charge in [-0.05, 0) is 28.1 Å². The predicted molar refractivity (Wildman–Crippen MR) is 88.0 cm³/mol. The molecule has 0 spiro atoms. The normalized spacial score (nSPS) is 13.5. The minimum atomic E-state index is -1.24. The molecule has 1 atom stereocenters. The van der Waals surface area contributed by atoms with E-state index in [4.69, 9.17) is 16.2 Å². The molecule has 0 saturated heterocycles. The largest absolute Gasteiger partial charge is 0.449 e. The fourth-order valence-electron chi connectivity index (χ4n) is 2.42. The van der Waals surface area contributed by atoms with Crippen LogP contribution < -0.4 is 11.5 Å². The van der Waals surface area contributed by atoms with Crippen LogP contribution in [0.4, 0.5) is 14.9 Å². The molecule has 0 aliphatic carbocycles. The summed E-state index contributed by atoms with van der Waals surface area (Å²) in [5.74, 6) is -0.711. The molecule has 24 heavy (non-hydrogen) atoms. The number of nitrogens with zero attached hydrogens (tertiary/aromatic N) is 2. The molecule has 0 aliphatic rings. The molecule has 0 aliphatic heterocycles. The van der Waals surface area contributed by atoms with Crippen molar-refractivity contribution in [2.45, 2.75) is 12.3 Å². The topological polar surface area (TPSA) is 134 Å². The summed E-state index contributed by atoms with van der Waals surface area (Å²) in [7, 11) is 0. The first-order valence-corrected chi connectivity index (χ1v) is 7.54. The molecule has 1 aromatic carbocycles. The molecule has 0 bridgehead atoms. The van der Waals surface area contributed by atoms with Gasteiger partial charge in [-0.15, -0.1) is 0 Å². The minimum Gasteiger partial charge on any atom is -0.449 e. The molecule has 0 fully saturated rings. The summed E-state index contributed by atoms with van der Waals surface area (Å²) in [4.78, 5) is 25.6. The number of rotatable bonds is 5. The van der Waals surface area contributed by atoms with Gasteiger partial charge in [0.15, 0.2) is 0 Å². The molecule has 1 amide bonds. The summed E-state index contributed by atoms with van der Waals surface area (Å²) in [5, 5.41) is 11.4. The van der Waals surface area contributed by atoms with Crippen molar-refractivity contribution >= 4 is 38.6 Å². The molecule has 1 heterocycles. The number of nitrogens with two attached hydrogens (primary N) is 2. The second-order valence-electron chi connectivity index (χ2n) is 5.40. The first-order valence-electron chi connectivity index (χ1n) is 6.75. The standard InChI is InChI=1S/C14H14BrFN4O4/c1-14(5-17,6-24-13(18)21)11-9(20(22)23)4-19-8-3-2-7(15)12(16)10(8)11/h2-4H,5-6,17H2,1H3,(H2,18,21). The van der Waals surface area contributed by atoms with Gasteiger partial charge in [-0.2, -0.15) is 0 Å². The van der Waals surface area contributed by atoms with Gasteiger partial charge in [0.05, 0.1) is 20.5 Å². The van der Waals surface area contributed by atoms with Gasteiger partial charge in [-0.3, -0.25) is 10.1 Å². The van der Waals surface area contributed by atoms with E-state index in [-0.39, 0.29) is 34.1 Å². The zero-order valence-electron chi connectivity index (χ0n) is 12.6. The molecular weight excluding hydrogens is 387 g/mol. The summed E-state index contributed by atoms with van der Waals surface area (Å²) in [6, 6.07) is 2.96. The molecule has 2 rings (SSSR count). The van der Waals surface area contributed by atoms with Gasteiger partial charge in [0.2, 0.25) is 0 Å². The molecule has 10 heteroatoms. The summed E-state index contributed by atoms with van der Waals surface area (Å²) in [6.07, 6.45) is -0.0271. The third kappa shape index (κ3) is 3.15. The van der Waals surface area contributed by atoms with E-state index in [1.165, 1.54) is 19.1 Å². The third-order valence-electron chi connectivity index (χ3n) is 3.69. The van der Waals surface area contributed by atoms with Gasteiger partial charge in [-0.1, -0.05) is 6.92 Å². The van der Waals surface area contributed by atoms with Crippen molar-refractivity contribution in [1.29, 1.82) is 0 Å². The average Bonchev–Trinajstić information content (AvgIpc) is 2.55. The number of primary amides is 1. The Morgan fingerprint density at radius 1 is 1.54 bits per heavy atom. The van der Waals surface area contributed by atoms with E-state index < -0.39 is 27.9 Å². The van der Waals surface area contributed by atoms with E-state index in [0.717, 1.165) is 6.20 Å². The Morgan fingerprint density at radius 3 is 2.75 bits per heavy atom. The minimum absolute atomic E-state index is 0.0000463. The zero-order valence-corrected chi connectivity index (χ0v) is 14.2. The maximum absolute atomic E-state index is 14.7. The number of aromatic nitrogens is 1. The first-order chi connectivity index (χ1) is 11.2. The van der Waals surface area contributed by atoms with Crippen LogP contribution in [0.25, 0.3) is 10.9 Å². The van der Waals surface area contributed by atoms with E-state index in [1.807, 2.05) is 0 Å². The number of carbonyl (C=O) groups excluding carboxylic acids is 1. The summed E-state index contributed by atoms with van der Waals surface area (Å²) in [6.45, 7) is 1.04. The molecule has 8 nitrogen and oxygen atoms in total. The smallest absolute Gasteiger partial charge is 0.404 e. The van der Waals surface area contributed by atoms with E-state index in [9.17, 15) is 19.3 Å². The fraction of sp³-hybridized carbons (Fsp3) is 0.286. The van der Waals surface area contributed by atoms with Crippen LogP contribution in [0.3, 0.4) is 0 Å². The van der Waals surface area contributed by atoms with Gasteiger partial charge >= 0.3 is 6.09 Å². The lowest BCUT2D eigenvalue weighted by Crippen LogP contribution is -2.39. The van der Waals surface area contributed by atoms with Crippen molar-refractivity contribution < 1.29 is 18.8 Å². The van der Waals surface area contributed by atoms with Gasteiger partial charge < -0.3 is 16.2 Å². The van der Waals surface area contributed by atoms with Gasteiger partial charge in [0.25, 0.3) is 5.69 Å². The second kappa shape index (κ2) is 6.65. The molecular formula is C14H14BrFN4O4. The van der Waals surface area contributed by atoms with Crippen LogP contribution in [-0.4, -0.2) is 29.2 Å². The summed E-state index contributed by atoms with van der Waals surface area (Å²) >= 11 is 3.05. The number of hydrogen-bond acceptors (Lipinski definition) is 6. The molecule has 1 aromatic heterocycles. The van der Waals surface area contributed by atoms with Crippen molar-refractivity contribution in [1.82, 2.24) is 4.98 Å². The van der Waals surface area contributed by atoms with Crippen LogP contribution in [0.15, 0.2) is 22.8 Å². The van der Waals surface area contributed by atoms with Crippen molar-refractivity contribution in [3.63, 3.8) is 0 Å². The van der Waals surface area contributed by atoms with Crippen molar-refractivity contribution in [2.75, 3.05) is 13.2 Å². The number of nitro groups is 1. The molecule has 4 N–H and O–H groups in total. The SMILES string of the molecule is CC(CN)(COC(N)=O)c1c([N+](=O)[O-])cnc2ccc(Br)c(F)c12. The Labute approximate surface area is 144 Å². The number of halogens is 2. The number of pyridine rings is 1. The highest BCUT2D eigenvalue weighted by atomic mass is 79.9. The lowest BCUT2D eigenvalue weighted by Gasteiger charge is -2.28. The van der Waals surface area contributed by atoms with E-state index in [0.29, 0.717) is 0 Å². The van der Waals surface area contributed by atoms with Crippen LogP contribution in [0.2, 0.25) is 0 Å². The Kier molecular flexibility index (Phi) is 4.99. The number of fused-ring (bicyclic) bond motifs is 1. The number of ether oxygens (including phenoxy) is 1. The van der Waals surface area contributed by atoms with E-state index in [1.54, 1.807) is 0 Å². The molecule has 0 saturated carbocycles. The number of amides is 1. The quantitative estimate of drug-likeness (QED) is 0.584. The summed E-state index contributed by atoms with van der Waals surface area (Å²) < 4.78 is 19.6. The maximum Gasteiger partial charge on any atom is 0.404 e. The molecule has 1 unspecified atom stereocenters. The Bertz CT molecular complexity index is 832. The molecule has 2 aromatic rings. The zero-order chi connectivity index (χ0) is 18.1. The number of benzene rings is 1. The molecule has 0 radical (unpaired) electrons. The van der Waals surface area contributed by atoms with Crippen molar-refractivity contribution in [2.24, 2.45) is 11.5 Å². The lowest BCUT2D eigenvalue weighted by atomic mass is 9.80.